The number of carbonyl (C=O) groups is 2. The van der Waals surface area contributed by atoms with E-state index < -0.39 is 5.41 Å². The number of aryl methyl sites for hydroxylation is 2. The standard InChI is InChI=1S/C20H26N4O2/c1-14-15(2)23-18(22-14)13-21-19(26)20(17-7-5-4-6-8-17)9-11-24(12-10-20)16(3)25/h4-8H,9-13H2,1-3H3,(H,21,26)(H,22,23). The Kier molecular flexibility index (Phi) is 5.11. The highest BCUT2D eigenvalue weighted by Gasteiger charge is 2.43. The second-order valence-corrected chi connectivity index (χ2v) is 7.03. The molecule has 2 heterocycles. The molecule has 0 atom stereocenters. The van der Waals surface area contributed by atoms with Crippen LogP contribution in [-0.4, -0.2) is 39.8 Å². The Hall–Kier alpha value is -2.63. The number of hydrogen-bond donors (Lipinski definition) is 2. The van der Waals surface area contributed by atoms with Crippen LogP contribution in [0.1, 0.15) is 42.5 Å². The number of nitrogens with one attached hydrogen (secondary N) is 2. The molecule has 0 radical (unpaired) electrons. The lowest BCUT2D eigenvalue weighted by molar-refractivity contribution is -0.135. The Bertz CT molecular complexity index is 770. The molecule has 1 aliphatic rings. The maximum atomic E-state index is 13.2. The fraction of sp³-hybridized carbons (Fsp3) is 0.450. The fourth-order valence-corrected chi connectivity index (χ4v) is 3.65. The molecular formula is C20H26N4O2. The minimum Gasteiger partial charge on any atom is -0.348 e. The van der Waals surface area contributed by atoms with Gasteiger partial charge in [0.1, 0.15) is 5.82 Å². The smallest absolute Gasteiger partial charge is 0.231 e. The van der Waals surface area contributed by atoms with Crippen LogP contribution in [0.5, 0.6) is 0 Å². The quantitative estimate of drug-likeness (QED) is 0.884. The summed E-state index contributed by atoms with van der Waals surface area (Å²) in [7, 11) is 0. The molecule has 3 rings (SSSR count). The van der Waals surface area contributed by atoms with Crippen LogP contribution in [0.25, 0.3) is 0 Å². The maximum Gasteiger partial charge on any atom is 0.231 e. The van der Waals surface area contributed by atoms with Crippen molar-refractivity contribution in [1.82, 2.24) is 20.2 Å². The van der Waals surface area contributed by atoms with Crippen LogP contribution in [-0.2, 0) is 21.5 Å². The van der Waals surface area contributed by atoms with Gasteiger partial charge in [-0.3, -0.25) is 9.59 Å². The van der Waals surface area contributed by atoms with Crippen molar-refractivity contribution in [2.24, 2.45) is 0 Å². The van der Waals surface area contributed by atoms with Crippen molar-refractivity contribution < 1.29 is 9.59 Å². The van der Waals surface area contributed by atoms with Gasteiger partial charge >= 0.3 is 0 Å². The average Bonchev–Trinajstić information content (AvgIpc) is 2.98. The first-order chi connectivity index (χ1) is 12.4. The number of hydrogen-bond acceptors (Lipinski definition) is 3. The number of carbonyl (C=O) groups excluding carboxylic acids is 2. The lowest BCUT2D eigenvalue weighted by Gasteiger charge is -2.40. The molecule has 0 saturated carbocycles. The van der Waals surface area contributed by atoms with E-state index in [-0.39, 0.29) is 11.8 Å². The first kappa shape index (κ1) is 18.2. The minimum absolute atomic E-state index is 0.00129. The minimum atomic E-state index is -0.607. The summed E-state index contributed by atoms with van der Waals surface area (Å²) >= 11 is 0. The van der Waals surface area contributed by atoms with Crippen LogP contribution in [0.3, 0.4) is 0 Å². The Morgan fingerprint density at radius 3 is 2.38 bits per heavy atom. The Balaban J connectivity index is 1.79. The number of aromatic nitrogens is 2. The highest BCUT2D eigenvalue weighted by atomic mass is 16.2. The SMILES string of the molecule is CC(=O)N1CCC(C(=O)NCc2nc(C)c(C)[nH]2)(c2ccccc2)CC1. The van der Waals surface area contributed by atoms with E-state index in [0.717, 1.165) is 22.8 Å². The predicted octanol–water partition coefficient (Wildman–Crippen LogP) is 2.22. The molecule has 0 aliphatic carbocycles. The van der Waals surface area contributed by atoms with Gasteiger partial charge in [-0.2, -0.15) is 0 Å². The summed E-state index contributed by atoms with van der Waals surface area (Å²) in [6.45, 7) is 7.06. The van der Waals surface area contributed by atoms with E-state index in [9.17, 15) is 9.59 Å². The van der Waals surface area contributed by atoms with Gasteiger partial charge in [0.15, 0.2) is 0 Å². The number of aromatic amines is 1. The Labute approximate surface area is 154 Å². The molecule has 1 aliphatic heterocycles. The monoisotopic (exact) mass is 354 g/mol. The molecule has 1 fully saturated rings. The first-order valence-electron chi connectivity index (χ1n) is 9.04. The molecule has 2 amide bonds. The summed E-state index contributed by atoms with van der Waals surface area (Å²) in [5.41, 5.74) is 2.36. The maximum absolute atomic E-state index is 13.2. The van der Waals surface area contributed by atoms with Gasteiger partial charge in [-0.15, -0.1) is 0 Å². The lowest BCUT2D eigenvalue weighted by atomic mass is 9.72. The fourth-order valence-electron chi connectivity index (χ4n) is 3.65. The van der Waals surface area contributed by atoms with E-state index in [1.54, 1.807) is 6.92 Å². The van der Waals surface area contributed by atoms with E-state index in [1.807, 2.05) is 49.1 Å². The summed E-state index contributed by atoms with van der Waals surface area (Å²) in [6, 6.07) is 9.88. The third-order valence-electron chi connectivity index (χ3n) is 5.42. The molecule has 26 heavy (non-hydrogen) atoms. The number of likely N-dealkylation sites (tertiary alicyclic amines) is 1. The van der Waals surface area contributed by atoms with Crippen LogP contribution in [0.15, 0.2) is 30.3 Å². The van der Waals surface area contributed by atoms with E-state index in [2.05, 4.69) is 15.3 Å². The van der Waals surface area contributed by atoms with Crippen molar-refractivity contribution in [3.05, 3.63) is 53.1 Å². The molecule has 0 unspecified atom stereocenters. The topological polar surface area (TPSA) is 78.1 Å². The van der Waals surface area contributed by atoms with Crippen molar-refractivity contribution >= 4 is 11.8 Å². The molecule has 1 aromatic heterocycles. The largest absolute Gasteiger partial charge is 0.348 e. The van der Waals surface area contributed by atoms with E-state index in [4.69, 9.17) is 0 Å². The zero-order chi connectivity index (χ0) is 18.7. The third-order valence-corrected chi connectivity index (χ3v) is 5.42. The van der Waals surface area contributed by atoms with Crippen LogP contribution in [0.2, 0.25) is 0 Å². The molecule has 0 spiro atoms. The van der Waals surface area contributed by atoms with Crippen LogP contribution >= 0.6 is 0 Å². The number of piperidine rings is 1. The molecule has 1 aromatic carbocycles. The zero-order valence-corrected chi connectivity index (χ0v) is 15.6. The number of benzene rings is 1. The normalized spacial score (nSPS) is 16.3. The van der Waals surface area contributed by atoms with Crippen molar-refractivity contribution in [3.63, 3.8) is 0 Å². The molecule has 2 N–H and O–H groups in total. The first-order valence-corrected chi connectivity index (χ1v) is 9.04. The summed E-state index contributed by atoms with van der Waals surface area (Å²) < 4.78 is 0. The zero-order valence-electron chi connectivity index (χ0n) is 15.6. The van der Waals surface area contributed by atoms with Crippen LogP contribution in [0.4, 0.5) is 0 Å². The van der Waals surface area contributed by atoms with E-state index in [0.29, 0.717) is 32.5 Å². The number of rotatable bonds is 4. The molecule has 6 heteroatoms. The van der Waals surface area contributed by atoms with Gasteiger partial charge in [0.2, 0.25) is 11.8 Å². The molecular weight excluding hydrogens is 328 g/mol. The van der Waals surface area contributed by atoms with Gasteiger partial charge in [-0.25, -0.2) is 4.98 Å². The number of amides is 2. The number of imidazole rings is 1. The molecule has 0 bridgehead atoms. The van der Waals surface area contributed by atoms with Gasteiger partial charge in [-0.1, -0.05) is 30.3 Å². The Morgan fingerprint density at radius 1 is 1.19 bits per heavy atom. The van der Waals surface area contributed by atoms with Gasteiger partial charge in [0.25, 0.3) is 0 Å². The highest BCUT2D eigenvalue weighted by molar-refractivity contribution is 5.88. The van der Waals surface area contributed by atoms with Gasteiger partial charge < -0.3 is 15.2 Å². The summed E-state index contributed by atoms with van der Waals surface area (Å²) in [4.78, 5) is 34.3. The van der Waals surface area contributed by atoms with Crippen LogP contribution < -0.4 is 5.32 Å². The second-order valence-electron chi connectivity index (χ2n) is 7.03. The van der Waals surface area contributed by atoms with Gasteiger partial charge in [0.05, 0.1) is 17.7 Å². The van der Waals surface area contributed by atoms with Crippen LogP contribution in [0, 0.1) is 13.8 Å². The van der Waals surface area contributed by atoms with Crippen molar-refractivity contribution in [1.29, 1.82) is 0 Å². The highest BCUT2D eigenvalue weighted by Crippen LogP contribution is 2.36. The average molecular weight is 354 g/mol. The van der Waals surface area contributed by atoms with Crippen molar-refractivity contribution in [2.75, 3.05) is 13.1 Å². The molecule has 1 saturated heterocycles. The second kappa shape index (κ2) is 7.32. The predicted molar refractivity (Wildman–Crippen MR) is 99.5 cm³/mol. The van der Waals surface area contributed by atoms with Crippen molar-refractivity contribution in [2.45, 2.75) is 45.6 Å². The van der Waals surface area contributed by atoms with E-state index >= 15 is 0 Å². The summed E-state index contributed by atoms with van der Waals surface area (Å²) in [5, 5.41) is 3.06. The van der Waals surface area contributed by atoms with E-state index in [1.165, 1.54) is 0 Å². The molecule has 138 valence electrons. The summed E-state index contributed by atoms with van der Waals surface area (Å²) in [6.07, 6.45) is 1.25. The lowest BCUT2D eigenvalue weighted by Crippen LogP contribution is -2.52. The molecule has 6 nitrogen and oxygen atoms in total. The summed E-state index contributed by atoms with van der Waals surface area (Å²) in [5.74, 6) is 0.824. The van der Waals surface area contributed by atoms with Gasteiger partial charge in [-0.05, 0) is 32.3 Å². The van der Waals surface area contributed by atoms with Gasteiger partial charge in [0, 0.05) is 25.7 Å². The van der Waals surface area contributed by atoms with Crippen molar-refractivity contribution in [3.8, 4) is 0 Å². The third kappa shape index (κ3) is 3.49. The number of nitrogens with zero attached hydrogens (tertiary/aromatic N) is 2. The molecule has 2 aromatic rings. The number of H-pyrrole nitrogens is 1. The Morgan fingerprint density at radius 2 is 1.85 bits per heavy atom.